The average molecular weight is 308 g/mol. The molecule has 0 amide bonds. The van der Waals surface area contributed by atoms with Crippen molar-refractivity contribution >= 4 is 15.9 Å². The van der Waals surface area contributed by atoms with E-state index in [9.17, 15) is 0 Å². The molecule has 0 atom stereocenters. The molecular weight excluding hydrogens is 290 g/mol. The monoisotopic (exact) mass is 307 g/mol. The lowest BCUT2D eigenvalue weighted by Gasteiger charge is -2.07. The predicted molar refractivity (Wildman–Crippen MR) is 78.1 cm³/mol. The smallest absolute Gasteiger partial charge is 0.0657 e. The Morgan fingerprint density at radius 2 is 2.11 bits per heavy atom. The average Bonchev–Trinajstić information content (AvgIpc) is 2.81. The highest BCUT2D eigenvalue weighted by molar-refractivity contribution is 9.10. The van der Waals surface area contributed by atoms with Crippen molar-refractivity contribution in [2.75, 3.05) is 7.05 Å². The van der Waals surface area contributed by atoms with Crippen LogP contribution < -0.4 is 5.32 Å². The van der Waals surface area contributed by atoms with Crippen molar-refractivity contribution in [2.45, 2.75) is 26.3 Å². The van der Waals surface area contributed by atoms with Crippen molar-refractivity contribution in [3.63, 3.8) is 0 Å². The van der Waals surface area contributed by atoms with Gasteiger partial charge < -0.3 is 5.32 Å². The lowest BCUT2D eigenvalue weighted by molar-refractivity contribution is 0.766. The molecule has 4 heteroatoms. The molecule has 0 bridgehead atoms. The Bertz CT molecular complexity index is 532. The van der Waals surface area contributed by atoms with E-state index in [0.717, 1.165) is 22.4 Å². The molecule has 0 saturated heterocycles. The fourth-order valence-corrected chi connectivity index (χ4v) is 2.31. The molecule has 18 heavy (non-hydrogen) atoms. The van der Waals surface area contributed by atoms with Crippen LogP contribution in [0.15, 0.2) is 34.9 Å². The van der Waals surface area contributed by atoms with Gasteiger partial charge in [-0.25, -0.2) is 4.68 Å². The molecule has 0 radical (unpaired) electrons. The zero-order chi connectivity index (χ0) is 13.1. The summed E-state index contributed by atoms with van der Waals surface area (Å²) in [5, 5.41) is 7.73. The Kier molecular flexibility index (Phi) is 4.19. The number of aromatic nitrogens is 2. The SMILES string of the molecule is CNCc1ccc(-n2ccc(C(C)C)n2)cc1Br. The van der Waals surface area contributed by atoms with Gasteiger partial charge in [-0.2, -0.15) is 5.10 Å². The first-order chi connectivity index (χ1) is 8.61. The number of halogens is 1. The van der Waals surface area contributed by atoms with Crippen molar-refractivity contribution in [1.82, 2.24) is 15.1 Å². The van der Waals surface area contributed by atoms with Gasteiger partial charge in [0, 0.05) is 17.2 Å². The zero-order valence-electron chi connectivity index (χ0n) is 10.9. The van der Waals surface area contributed by atoms with Gasteiger partial charge in [-0.15, -0.1) is 0 Å². The number of benzene rings is 1. The summed E-state index contributed by atoms with van der Waals surface area (Å²) >= 11 is 3.60. The summed E-state index contributed by atoms with van der Waals surface area (Å²) in [6.45, 7) is 5.16. The van der Waals surface area contributed by atoms with Gasteiger partial charge in [-0.05, 0) is 36.7 Å². The van der Waals surface area contributed by atoms with Gasteiger partial charge in [-0.1, -0.05) is 35.8 Å². The number of hydrogen-bond donors (Lipinski definition) is 1. The lowest BCUT2D eigenvalue weighted by atomic mass is 10.1. The van der Waals surface area contributed by atoms with Crippen molar-refractivity contribution in [3.05, 3.63) is 46.2 Å². The van der Waals surface area contributed by atoms with Gasteiger partial charge in [0.1, 0.15) is 0 Å². The molecule has 0 spiro atoms. The van der Waals surface area contributed by atoms with Crippen molar-refractivity contribution < 1.29 is 0 Å². The Morgan fingerprint density at radius 1 is 1.33 bits per heavy atom. The van der Waals surface area contributed by atoms with Crippen LogP contribution in [0.3, 0.4) is 0 Å². The summed E-state index contributed by atoms with van der Waals surface area (Å²) in [6, 6.07) is 8.38. The molecule has 1 heterocycles. The van der Waals surface area contributed by atoms with Crippen LogP contribution in [0.1, 0.15) is 31.0 Å². The van der Waals surface area contributed by atoms with Crippen LogP contribution in [-0.4, -0.2) is 16.8 Å². The van der Waals surface area contributed by atoms with Crippen LogP contribution in [0.4, 0.5) is 0 Å². The molecular formula is C14H18BrN3. The number of nitrogens with one attached hydrogen (secondary N) is 1. The number of hydrogen-bond acceptors (Lipinski definition) is 2. The maximum absolute atomic E-state index is 4.58. The minimum Gasteiger partial charge on any atom is -0.316 e. The van der Waals surface area contributed by atoms with Crippen LogP contribution in [0.2, 0.25) is 0 Å². The molecule has 0 aliphatic rings. The molecule has 2 aromatic rings. The van der Waals surface area contributed by atoms with E-state index in [2.05, 4.69) is 64.5 Å². The molecule has 96 valence electrons. The molecule has 0 aliphatic carbocycles. The van der Waals surface area contributed by atoms with E-state index in [4.69, 9.17) is 0 Å². The van der Waals surface area contributed by atoms with E-state index in [1.54, 1.807) is 0 Å². The molecule has 3 nitrogen and oxygen atoms in total. The topological polar surface area (TPSA) is 29.9 Å². The van der Waals surface area contributed by atoms with Crippen LogP contribution in [0.25, 0.3) is 5.69 Å². The minimum atomic E-state index is 0.457. The Hall–Kier alpha value is -1.13. The van der Waals surface area contributed by atoms with Crippen molar-refractivity contribution in [1.29, 1.82) is 0 Å². The summed E-state index contributed by atoms with van der Waals surface area (Å²) in [4.78, 5) is 0. The summed E-state index contributed by atoms with van der Waals surface area (Å²) in [5.41, 5.74) is 3.44. The van der Waals surface area contributed by atoms with Crippen molar-refractivity contribution in [3.8, 4) is 5.69 Å². The number of nitrogens with zero attached hydrogens (tertiary/aromatic N) is 2. The molecule has 0 aliphatic heterocycles. The first-order valence-electron chi connectivity index (χ1n) is 6.10. The fraction of sp³-hybridized carbons (Fsp3) is 0.357. The molecule has 0 saturated carbocycles. The maximum atomic E-state index is 4.58. The quantitative estimate of drug-likeness (QED) is 0.937. The van der Waals surface area contributed by atoms with E-state index in [-0.39, 0.29) is 0 Å². The van der Waals surface area contributed by atoms with Crippen molar-refractivity contribution in [2.24, 2.45) is 0 Å². The molecule has 0 fully saturated rings. The minimum absolute atomic E-state index is 0.457. The first kappa shape index (κ1) is 13.3. The molecule has 2 rings (SSSR count). The van der Waals surface area contributed by atoms with E-state index >= 15 is 0 Å². The highest BCUT2D eigenvalue weighted by Gasteiger charge is 2.06. The lowest BCUT2D eigenvalue weighted by Crippen LogP contribution is -2.06. The summed E-state index contributed by atoms with van der Waals surface area (Å²) < 4.78 is 3.03. The molecule has 0 unspecified atom stereocenters. The third kappa shape index (κ3) is 2.82. The van der Waals surface area contributed by atoms with E-state index in [1.807, 2.05) is 17.9 Å². The molecule has 1 aromatic heterocycles. The van der Waals surface area contributed by atoms with Gasteiger partial charge in [0.15, 0.2) is 0 Å². The Morgan fingerprint density at radius 3 is 2.67 bits per heavy atom. The molecule has 1 N–H and O–H groups in total. The normalized spacial score (nSPS) is 11.2. The van der Waals surface area contributed by atoms with Crippen LogP contribution in [0, 0.1) is 0 Å². The van der Waals surface area contributed by atoms with Crippen LogP contribution in [0.5, 0.6) is 0 Å². The predicted octanol–water partition coefficient (Wildman–Crippen LogP) is 3.48. The second-order valence-corrected chi connectivity index (χ2v) is 5.50. The highest BCUT2D eigenvalue weighted by Crippen LogP contribution is 2.21. The second kappa shape index (κ2) is 5.67. The maximum Gasteiger partial charge on any atom is 0.0657 e. The summed E-state index contributed by atoms with van der Waals surface area (Å²) in [6.07, 6.45) is 2.01. The molecule has 1 aromatic carbocycles. The summed E-state index contributed by atoms with van der Waals surface area (Å²) in [5.74, 6) is 0.457. The fourth-order valence-electron chi connectivity index (χ4n) is 1.80. The first-order valence-corrected chi connectivity index (χ1v) is 6.90. The highest BCUT2D eigenvalue weighted by atomic mass is 79.9. The van der Waals surface area contributed by atoms with Crippen LogP contribution in [-0.2, 0) is 6.54 Å². The van der Waals surface area contributed by atoms with E-state index < -0.39 is 0 Å². The zero-order valence-corrected chi connectivity index (χ0v) is 12.5. The Balaban J connectivity index is 2.30. The van der Waals surface area contributed by atoms with E-state index in [1.165, 1.54) is 5.56 Å². The van der Waals surface area contributed by atoms with Gasteiger partial charge in [0.25, 0.3) is 0 Å². The van der Waals surface area contributed by atoms with Gasteiger partial charge >= 0.3 is 0 Å². The van der Waals surface area contributed by atoms with E-state index in [0.29, 0.717) is 5.92 Å². The second-order valence-electron chi connectivity index (χ2n) is 4.65. The standard InChI is InChI=1S/C14H18BrN3/c1-10(2)14-6-7-18(17-14)12-5-4-11(9-16-3)13(15)8-12/h4-8,10,16H,9H2,1-3H3. The van der Waals surface area contributed by atoms with Gasteiger partial charge in [0.2, 0.25) is 0 Å². The van der Waals surface area contributed by atoms with Gasteiger partial charge in [0.05, 0.1) is 11.4 Å². The third-order valence-corrected chi connectivity index (χ3v) is 3.61. The number of rotatable bonds is 4. The third-order valence-electron chi connectivity index (χ3n) is 2.87. The Labute approximate surface area is 116 Å². The largest absolute Gasteiger partial charge is 0.316 e. The summed E-state index contributed by atoms with van der Waals surface area (Å²) in [7, 11) is 1.95. The van der Waals surface area contributed by atoms with Gasteiger partial charge in [-0.3, -0.25) is 0 Å². The van der Waals surface area contributed by atoms with Crippen LogP contribution >= 0.6 is 15.9 Å².